The number of hydrogen-bond acceptors (Lipinski definition) is 6. The molecular weight excluding hydrogens is 420 g/mol. The summed E-state index contributed by atoms with van der Waals surface area (Å²) in [6, 6.07) is 5.19. The summed E-state index contributed by atoms with van der Waals surface area (Å²) in [5, 5.41) is 4.32. The van der Waals surface area contributed by atoms with E-state index >= 15 is 0 Å². The summed E-state index contributed by atoms with van der Waals surface area (Å²) in [5.41, 5.74) is 2.86. The number of ether oxygens (including phenoxy) is 1. The van der Waals surface area contributed by atoms with Gasteiger partial charge in [0.15, 0.2) is 9.84 Å². The Hall–Kier alpha value is -2.88. The Balaban J connectivity index is 1.71. The van der Waals surface area contributed by atoms with Crippen LogP contribution in [0.25, 0.3) is 11.1 Å². The van der Waals surface area contributed by atoms with E-state index in [1.54, 1.807) is 34.5 Å². The van der Waals surface area contributed by atoms with Crippen LogP contribution >= 0.6 is 0 Å². The molecule has 1 aromatic carbocycles. The molecular formula is C21H26N4O5S. The van der Waals surface area contributed by atoms with Crippen molar-refractivity contribution in [3.05, 3.63) is 30.6 Å². The van der Waals surface area contributed by atoms with Crippen molar-refractivity contribution in [2.24, 2.45) is 0 Å². The van der Waals surface area contributed by atoms with Gasteiger partial charge in [-0.3, -0.25) is 14.4 Å². The van der Waals surface area contributed by atoms with Crippen LogP contribution in [0.3, 0.4) is 0 Å². The Morgan fingerprint density at radius 2 is 1.87 bits per heavy atom. The van der Waals surface area contributed by atoms with Crippen molar-refractivity contribution in [2.45, 2.75) is 45.9 Å². The standard InChI is InChI=1S/C21H26N4O5S/c1-13(2)30-21(27)23-9-14(3)25(15(4)26)19-6-5-16(7-20(19)23)17-8-22-24(10-17)18-11-31(28,29)12-18/h5-8,10,13-14,18H,9,11-12H2,1-4H3/t14-/m0/s1. The Morgan fingerprint density at radius 3 is 2.48 bits per heavy atom. The van der Waals surface area contributed by atoms with Crippen LogP contribution in [0.5, 0.6) is 0 Å². The minimum atomic E-state index is -2.95. The van der Waals surface area contributed by atoms with Crippen molar-refractivity contribution in [1.29, 1.82) is 0 Å². The Labute approximate surface area is 181 Å². The molecule has 9 nitrogen and oxygen atoms in total. The first kappa shape index (κ1) is 21.4. The van der Waals surface area contributed by atoms with Crippen LogP contribution in [0.1, 0.15) is 33.7 Å². The molecule has 1 fully saturated rings. The molecule has 0 saturated carbocycles. The lowest BCUT2D eigenvalue weighted by atomic mass is 10.0. The molecule has 2 aromatic rings. The molecule has 2 aliphatic rings. The molecule has 10 heteroatoms. The maximum absolute atomic E-state index is 12.8. The van der Waals surface area contributed by atoms with Gasteiger partial charge in [0.2, 0.25) is 5.91 Å². The third-order valence-electron chi connectivity index (χ3n) is 5.51. The zero-order valence-corrected chi connectivity index (χ0v) is 18.8. The van der Waals surface area contributed by atoms with Gasteiger partial charge in [0, 0.05) is 25.2 Å². The van der Waals surface area contributed by atoms with Crippen LogP contribution in [0, 0.1) is 0 Å². The molecule has 2 aliphatic heterocycles. The first-order valence-electron chi connectivity index (χ1n) is 10.2. The lowest BCUT2D eigenvalue weighted by molar-refractivity contribution is -0.117. The number of hydrogen-bond donors (Lipinski definition) is 0. The van der Waals surface area contributed by atoms with Gasteiger partial charge in [-0.15, -0.1) is 0 Å². The maximum atomic E-state index is 12.8. The van der Waals surface area contributed by atoms with Crippen LogP contribution in [-0.2, 0) is 19.4 Å². The second kappa shape index (κ2) is 7.67. The van der Waals surface area contributed by atoms with E-state index in [0.29, 0.717) is 17.9 Å². The van der Waals surface area contributed by atoms with Gasteiger partial charge in [-0.05, 0) is 38.5 Å². The highest BCUT2D eigenvalue weighted by atomic mass is 32.2. The lowest BCUT2D eigenvalue weighted by Gasteiger charge is -2.40. The van der Waals surface area contributed by atoms with Crippen LogP contribution in [0.4, 0.5) is 16.2 Å². The second-order valence-electron chi connectivity index (χ2n) is 8.42. The van der Waals surface area contributed by atoms with Crippen LogP contribution in [-0.4, -0.2) is 60.4 Å². The number of carbonyl (C=O) groups is 2. The number of benzene rings is 1. The quantitative estimate of drug-likeness (QED) is 0.718. The van der Waals surface area contributed by atoms with Gasteiger partial charge in [-0.1, -0.05) is 6.07 Å². The Bertz CT molecular complexity index is 1130. The molecule has 0 unspecified atom stereocenters. The number of amides is 2. The average molecular weight is 447 g/mol. The smallest absolute Gasteiger partial charge is 0.414 e. The molecule has 3 heterocycles. The molecule has 1 aromatic heterocycles. The monoisotopic (exact) mass is 446 g/mol. The molecule has 31 heavy (non-hydrogen) atoms. The molecule has 0 radical (unpaired) electrons. The fraction of sp³-hybridized carbons (Fsp3) is 0.476. The molecule has 166 valence electrons. The fourth-order valence-corrected chi connectivity index (χ4v) is 5.48. The molecule has 0 N–H and O–H groups in total. The molecule has 0 bridgehead atoms. The van der Waals surface area contributed by atoms with Gasteiger partial charge in [0.05, 0.1) is 47.3 Å². The van der Waals surface area contributed by atoms with Gasteiger partial charge in [-0.2, -0.15) is 5.10 Å². The number of fused-ring (bicyclic) bond motifs is 1. The topological polar surface area (TPSA) is 102 Å². The van der Waals surface area contributed by atoms with Crippen LogP contribution in [0.2, 0.25) is 0 Å². The van der Waals surface area contributed by atoms with Crippen molar-refractivity contribution < 1.29 is 22.7 Å². The van der Waals surface area contributed by atoms with Gasteiger partial charge in [0.1, 0.15) is 0 Å². The molecule has 2 amide bonds. The van der Waals surface area contributed by atoms with Gasteiger partial charge in [0.25, 0.3) is 0 Å². The first-order valence-corrected chi connectivity index (χ1v) is 12.0. The maximum Gasteiger partial charge on any atom is 0.414 e. The SMILES string of the molecule is CC(=O)N1c2ccc(-c3cnn(C4CS(=O)(=O)C4)c3)cc2N(C(=O)OC(C)C)C[C@@H]1C. The zero-order valence-electron chi connectivity index (χ0n) is 18.0. The number of aromatic nitrogens is 2. The van der Waals surface area contributed by atoms with E-state index in [-0.39, 0.29) is 35.6 Å². The summed E-state index contributed by atoms with van der Waals surface area (Å²) in [4.78, 5) is 28.3. The molecule has 4 rings (SSSR count). The van der Waals surface area contributed by atoms with E-state index in [9.17, 15) is 18.0 Å². The Morgan fingerprint density at radius 1 is 1.16 bits per heavy atom. The fourth-order valence-electron chi connectivity index (χ4n) is 4.10. The highest BCUT2D eigenvalue weighted by Gasteiger charge is 2.36. The van der Waals surface area contributed by atoms with Crippen molar-refractivity contribution in [3.63, 3.8) is 0 Å². The average Bonchev–Trinajstić information content (AvgIpc) is 3.13. The van der Waals surface area contributed by atoms with Crippen molar-refractivity contribution >= 4 is 33.2 Å². The van der Waals surface area contributed by atoms with E-state index in [1.165, 1.54) is 6.92 Å². The minimum Gasteiger partial charge on any atom is -0.446 e. The predicted molar refractivity (Wildman–Crippen MR) is 117 cm³/mol. The van der Waals surface area contributed by atoms with Gasteiger partial charge >= 0.3 is 6.09 Å². The third-order valence-corrected chi connectivity index (χ3v) is 7.30. The van der Waals surface area contributed by atoms with E-state index < -0.39 is 15.9 Å². The van der Waals surface area contributed by atoms with E-state index in [2.05, 4.69) is 5.10 Å². The lowest BCUT2D eigenvalue weighted by Crippen LogP contribution is -2.51. The predicted octanol–water partition coefficient (Wildman–Crippen LogP) is 2.63. The number of rotatable bonds is 3. The number of nitrogens with zero attached hydrogens (tertiary/aromatic N) is 4. The zero-order chi connectivity index (χ0) is 22.5. The molecule has 1 atom stereocenters. The summed E-state index contributed by atoms with van der Waals surface area (Å²) in [6.45, 7) is 7.30. The summed E-state index contributed by atoms with van der Waals surface area (Å²) in [5.74, 6) is 0.0920. The number of sulfone groups is 1. The van der Waals surface area contributed by atoms with Crippen LogP contribution in [0.15, 0.2) is 30.6 Å². The number of anilines is 2. The molecule has 0 aliphatic carbocycles. The van der Waals surface area contributed by atoms with Gasteiger partial charge in [-0.25, -0.2) is 13.2 Å². The third kappa shape index (κ3) is 4.04. The first-order chi connectivity index (χ1) is 14.6. The summed E-state index contributed by atoms with van der Waals surface area (Å²) in [7, 11) is -2.95. The number of carbonyl (C=O) groups excluding carboxylic acids is 2. The van der Waals surface area contributed by atoms with Crippen LogP contribution < -0.4 is 9.80 Å². The highest BCUT2D eigenvalue weighted by molar-refractivity contribution is 7.92. The summed E-state index contributed by atoms with van der Waals surface area (Å²) in [6.07, 6.45) is 2.76. The summed E-state index contributed by atoms with van der Waals surface area (Å²) >= 11 is 0. The second-order valence-corrected chi connectivity index (χ2v) is 10.6. The van der Waals surface area contributed by atoms with E-state index in [4.69, 9.17) is 4.74 Å². The Kier molecular flexibility index (Phi) is 5.28. The van der Waals surface area contributed by atoms with E-state index in [1.807, 2.05) is 31.3 Å². The summed E-state index contributed by atoms with van der Waals surface area (Å²) < 4.78 is 30.0. The molecule has 0 spiro atoms. The van der Waals surface area contributed by atoms with E-state index in [0.717, 1.165) is 11.1 Å². The normalized spacial score (nSPS) is 20.4. The minimum absolute atomic E-state index is 0.0958. The molecule has 1 saturated heterocycles. The van der Waals surface area contributed by atoms with Crippen molar-refractivity contribution in [2.75, 3.05) is 27.9 Å². The highest BCUT2D eigenvalue weighted by Crippen LogP contribution is 2.39. The van der Waals surface area contributed by atoms with Crippen molar-refractivity contribution in [1.82, 2.24) is 9.78 Å². The van der Waals surface area contributed by atoms with Gasteiger partial charge < -0.3 is 9.64 Å². The van der Waals surface area contributed by atoms with Crippen molar-refractivity contribution in [3.8, 4) is 11.1 Å². The largest absolute Gasteiger partial charge is 0.446 e.